The fraction of sp³-hybridized carbons (Fsp3) is 0.556. The fourth-order valence-corrected chi connectivity index (χ4v) is 0.933. The second-order valence-corrected chi connectivity index (χ2v) is 2.98. The zero-order valence-corrected chi connectivity index (χ0v) is 7.92. The van der Waals surface area contributed by atoms with E-state index in [1.807, 2.05) is 0 Å². The van der Waals surface area contributed by atoms with E-state index in [9.17, 15) is 17.6 Å². The number of hydrogen-bond acceptors (Lipinski definition) is 2. The highest BCUT2D eigenvalue weighted by atomic mass is 19.3. The predicted octanol–water partition coefficient (Wildman–Crippen LogP) is 2.72. The highest BCUT2D eigenvalue weighted by molar-refractivity contribution is 5.05. The van der Waals surface area contributed by atoms with Gasteiger partial charge in [-0.1, -0.05) is 24.3 Å². The van der Waals surface area contributed by atoms with Crippen LogP contribution in [0, 0.1) is 0 Å². The zero-order chi connectivity index (χ0) is 11.5. The topological polar surface area (TPSA) is 18.5 Å². The van der Waals surface area contributed by atoms with Gasteiger partial charge in [-0.25, -0.2) is 0 Å². The second-order valence-electron chi connectivity index (χ2n) is 2.98. The van der Waals surface area contributed by atoms with E-state index in [0.717, 1.165) is 0 Å². The van der Waals surface area contributed by atoms with E-state index in [4.69, 9.17) is 0 Å². The maximum absolute atomic E-state index is 12.8. The van der Waals surface area contributed by atoms with Crippen molar-refractivity contribution in [3.8, 4) is 0 Å². The molecule has 0 aromatic heterocycles. The van der Waals surface area contributed by atoms with Gasteiger partial charge >= 0.3 is 12.2 Å². The summed E-state index contributed by atoms with van der Waals surface area (Å²) in [5, 5.41) is 0. The summed E-state index contributed by atoms with van der Waals surface area (Å²) in [5.74, 6) is 0. The van der Waals surface area contributed by atoms with E-state index in [2.05, 4.69) is 9.47 Å². The Morgan fingerprint density at radius 2 is 1.80 bits per heavy atom. The number of allylic oxidation sites excluding steroid dienone is 2. The average molecular weight is 226 g/mol. The van der Waals surface area contributed by atoms with Gasteiger partial charge in [0.05, 0.1) is 12.7 Å². The summed E-state index contributed by atoms with van der Waals surface area (Å²) in [4.78, 5) is 0. The van der Waals surface area contributed by atoms with Crippen molar-refractivity contribution >= 4 is 0 Å². The van der Waals surface area contributed by atoms with Crippen LogP contribution in [0.15, 0.2) is 24.3 Å². The first-order valence-corrected chi connectivity index (χ1v) is 4.26. The standard InChI is InChI=1S/C9H10F4O2/c1-7-5-3-2-4-6-14-8(10,11)9(12,13)15-7/h2-5,7H,6H2,1H3/b4-2-,5-3-. The molecule has 0 saturated carbocycles. The fourth-order valence-electron chi connectivity index (χ4n) is 0.933. The molecule has 0 radical (unpaired) electrons. The van der Waals surface area contributed by atoms with Crippen molar-refractivity contribution in [1.82, 2.24) is 0 Å². The van der Waals surface area contributed by atoms with Gasteiger partial charge in [-0.3, -0.25) is 0 Å². The maximum atomic E-state index is 12.8. The smallest absolute Gasteiger partial charge is 0.309 e. The molecular weight excluding hydrogens is 216 g/mol. The third-order valence-electron chi connectivity index (χ3n) is 1.66. The SMILES string of the molecule is CC1/C=C\C=C/COC(F)(F)C(F)(F)O1. The average Bonchev–Trinajstić information content (AvgIpc) is 2.08. The number of alkyl halides is 4. The molecule has 1 heterocycles. The summed E-state index contributed by atoms with van der Waals surface area (Å²) < 4.78 is 58.8. The summed E-state index contributed by atoms with van der Waals surface area (Å²) in [6.07, 6.45) is -5.10. The van der Waals surface area contributed by atoms with Gasteiger partial charge in [0.2, 0.25) is 0 Å². The number of halogens is 4. The third kappa shape index (κ3) is 3.04. The lowest BCUT2D eigenvalue weighted by Crippen LogP contribution is -2.46. The first-order chi connectivity index (χ1) is 6.85. The molecule has 1 rings (SSSR count). The lowest BCUT2D eigenvalue weighted by molar-refractivity contribution is -0.433. The van der Waals surface area contributed by atoms with Crippen LogP contribution in [0.25, 0.3) is 0 Å². The van der Waals surface area contributed by atoms with Gasteiger partial charge in [0.15, 0.2) is 0 Å². The Labute approximate surface area is 84.2 Å². The first-order valence-electron chi connectivity index (χ1n) is 4.26. The summed E-state index contributed by atoms with van der Waals surface area (Å²) in [6.45, 7) is 0.626. The van der Waals surface area contributed by atoms with E-state index in [1.54, 1.807) is 0 Å². The minimum atomic E-state index is -4.64. The van der Waals surface area contributed by atoms with Gasteiger partial charge in [-0.2, -0.15) is 17.6 Å². The summed E-state index contributed by atoms with van der Waals surface area (Å²) in [7, 11) is 0. The Hall–Kier alpha value is -0.880. The van der Waals surface area contributed by atoms with Crippen LogP contribution in [-0.2, 0) is 9.47 Å². The molecule has 1 aliphatic heterocycles. The zero-order valence-electron chi connectivity index (χ0n) is 7.92. The van der Waals surface area contributed by atoms with Crippen LogP contribution in [0.5, 0.6) is 0 Å². The molecule has 0 aliphatic carbocycles. The predicted molar refractivity (Wildman–Crippen MR) is 44.7 cm³/mol. The van der Waals surface area contributed by atoms with E-state index < -0.39 is 24.9 Å². The van der Waals surface area contributed by atoms with Gasteiger partial charge < -0.3 is 9.47 Å². The van der Waals surface area contributed by atoms with Crippen molar-refractivity contribution in [1.29, 1.82) is 0 Å². The normalized spacial score (nSPS) is 34.3. The largest absolute Gasteiger partial charge is 0.448 e. The van der Waals surface area contributed by atoms with Gasteiger partial charge in [0.1, 0.15) is 0 Å². The van der Waals surface area contributed by atoms with Crippen molar-refractivity contribution in [3.63, 3.8) is 0 Å². The molecule has 0 bridgehead atoms. The monoisotopic (exact) mass is 226 g/mol. The minimum absolute atomic E-state index is 0.606. The molecule has 2 nitrogen and oxygen atoms in total. The van der Waals surface area contributed by atoms with Crippen LogP contribution in [-0.4, -0.2) is 24.9 Å². The molecule has 1 atom stereocenters. The Kier molecular flexibility index (Phi) is 3.51. The van der Waals surface area contributed by atoms with Gasteiger partial charge in [0.25, 0.3) is 0 Å². The van der Waals surface area contributed by atoms with Crippen LogP contribution < -0.4 is 0 Å². The second kappa shape index (κ2) is 4.32. The van der Waals surface area contributed by atoms with E-state index in [1.165, 1.54) is 31.2 Å². The molecule has 0 N–H and O–H groups in total. The summed E-state index contributed by atoms with van der Waals surface area (Å²) in [6, 6.07) is 0. The molecule has 1 unspecified atom stereocenters. The Balaban J connectivity index is 2.88. The molecule has 1 aliphatic rings. The molecule has 86 valence electrons. The van der Waals surface area contributed by atoms with Crippen LogP contribution in [0.3, 0.4) is 0 Å². The maximum Gasteiger partial charge on any atom is 0.448 e. The highest BCUT2D eigenvalue weighted by Gasteiger charge is 2.60. The highest BCUT2D eigenvalue weighted by Crippen LogP contribution is 2.37. The molecule has 15 heavy (non-hydrogen) atoms. The molecular formula is C9H10F4O2. The molecule has 0 amide bonds. The van der Waals surface area contributed by atoms with Crippen LogP contribution in [0.1, 0.15) is 6.92 Å². The van der Waals surface area contributed by atoms with Gasteiger partial charge in [-0.05, 0) is 6.92 Å². The Morgan fingerprint density at radius 3 is 2.47 bits per heavy atom. The minimum Gasteiger partial charge on any atom is -0.309 e. The van der Waals surface area contributed by atoms with Gasteiger partial charge in [0, 0.05) is 0 Å². The molecule has 6 heteroatoms. The summed E-state index contributed by atoms with van der Waals surface area (Å²) in [5.41, 5.74) is 0. The van der Waals surface area contributed by atoms with Crippen molar-refractivity contribution < 1.29 is 27.0 Å². The molecule has 0 aromatic carbocycles. The van der Waals surface area contributed by atoms with Crippen molar-refractivity contribution in [2.45, 2.75) is 25.2 Å². The third-order valence-corrected chi connectivity index (χ3v) is 1.66. The molecule has 0 saturated heterocycles. The van der Waals surface area contributed by atoms with E-state index in [-0.39, 0.29) is 0 Å². The lowest BCUT2D eigenvalue weighted by Gasteiger charge is -2.27. The molecule has 0 aromatic rings. The van der Waals surface area contributed by atoms with Gasteiger partial charge in [-0.15, -0.1) is 0 Å². The van der Waals surface area contributed by atoms with Crippen molar-refractivity contribution in [2.24, 2.45) is 0 Å². The number of hydrogen-bond donors (Lipinski definition) is 0. The van der Waals surface area contributed by atoms with Crippen LogP contribution >= 0.6 is 0 Å². The number of ether oxygens (including phenoxy) is 2. The Bertz CT molecular complexity index is 273. The van der Waals surface area contributed by atoms with Crippen LogP contribution in [0.4, 0.5) is 17.6 Å². The van der Waals surface area contributed by atoms with E-state index >= 15 is 0 Å². The van der Waals surface area contributed by atoms with Crippen molar-refractivity contribution in [2.75, 3.05) is 6.61 Å². The number of rotatable bonds is 0. The summed E-state index contributed by atoms with van der Waals surface area (Å²) >= 11 is 0. The lowest BCUT2D eigenvalue weighted by atomic mass is 10.3. The quantitative estimate of drug-likeness (QED) is 0.591. The van der Waals surface area contributed by atoms with Crippen molar-refractivity contribution in [3.05, 3.63) is 24.3 Å². The molecule has 0 spiro atoms. The van der Waals surface area contributed by atoms with E-state index in [0.29, 0.717) is 0 Å². The Morgan fingerprint density at radius 1 is 1.13 bits per heavy atom. The first kappa shape index (κ1) is 12.2. The molecule has 0 fully saturated rings. The van der Waals surface area contributed by atoms with Crippen LogP contribution in [0.2, 0.25) is 0 Å².